The highest BCUT2D eigenvalue weighted by Gasteiger charge is 2.21. The zero-order chi connectivity index (χ0) is 15.5. The van der Waals surface area contributed by atoms with E-state index in [0.29, 0.717) is 4.88 Å². The summed E-state index contributed by atoms with van der Waals surface area (Å²) >= 11 is 0.958. The van der Waals surface area contributed by atoms with Crippen molar-refractivity contribution in [3.8, 4) is 0 Å². The van der Waals surface area contributed by atoms with Crippen molar-refractivity contribution in [1.29, 1.82) is 0 Å². The van der Waals surface area contributed by atoms with Crippen molar-refractivity contribution in [2.24, 2.45) is 0 Å². The molecule has 2 N–H and O–H groups in total. The van der Waals surface area contributed by atoms with Gasteiger partial charge in [0.1, 0.15) is 4.21 Å². The molecule has 6 nitrogen and oxygen atoms in total. The molecule has 2 aromatic rings. The molecule has 2 aromatic heterocycles. The highest BCUT2D eigenvalue weighted by Crippen LogP contribution is 2.24. The molecule has 0 aliphatic rings. The average molecular weight is 326 g/mol. The Kier molecular flexibility index (Phi) is 4.71. The molecule has 0 spiro atoms. The third-order valence-electron chi connectivity index (χ3n) is 2.74. The molecule has 0 saturated heterocycles. The van der Waals surface area contributed by atoms with E-state index in [-0.39, 0.29) is 10.6 Å². The fraction of sp³-hybridized carbons (Fsp3) is 0.231. The van der Waals surface area contributed by atoms with Gasteiger partial charge in [0.15, 0.2) is 0 Å². The number of nitrogens with one attached hydrogen (secondary N) is 1. The monoisotopic (exact) mass is 326 g/mol. The molecule has 0 aromatic carbocycles. The van der Waals surface area contributed by atoms with E-state index in [1.165, 1.54) is 12.1 Å². The number of carbonyl (C=O) groups is 1. The molecule has 0 aliphatic heterocycles. The van der Waals surface area contributed by atoms with E-state index < -0.39 is 22.0 Å². The van der Waals surface area contributed by atoms with Gasteiger partial charge in [-0.25, -0.2) is 13.1 Å². The van der Waals surface area contributed by atoms with Gasteiger partial charge in [0.05, 0.1) is 6.42 Å². The molecule has 0 unspecified atom stereocenters. The molecule has 1 atom stereocenters. The van der Waals surface area contributed by atoms with Crippen molar-refractivity contribution in [1.82, 2.24) is 9.71 Å². The zero-order valence-electron chi connectivity index (χ0n) is 11.2. The second-order valence-electron chi connectivity index (χ2n) is 4.42. The summed E-state index contributed by atoms with van der Waals surface area (Å²) in [5.41, 5.74) is 0.753. The standard InChI is InChI=1S/C13H14N2O4S2/c1-9(10-3-2-6-14-8-10)15-21(18,19)13-5-4-11(20-13)7-12(16)17/h2-6,8-9,15H,7H2,1H3,(H,16,17)/t9-/m1/s1. The molecule has 0 bridgehead atoms. The van der Waals surface area contributed by atoms with Crippen LogP contribution in [0.15, 0.2) is 40.9 Å². The first kappa shape index (κ1) is 15.6. The van der Waals surface area contributed by atoms with E-state index in [1.54, 1.807) is 31.5 Å². The summed E-state index contributed by atoms with van der Waals surface area (Å²) in [6, 6.07) is 6.03. The van der Waals surface area contributed by atoms with E-state index in [2.05, 4.69) is 9.71 Å². The number of carboxylic acids is 1. The lowest BCUT2D eigenvalue weighted by molar-refractivity contribution is -0.136. The third-order valence-corrected chi connectivity index (χ3v) is 5.86. The van der Waals surface area contributed by atoms with Gasteiger partial charge in [0.25, 0.3) is 10.0 Å². The summed E-state index contributed by atoms with van der Waals surface area (Å²) in [4.78, 5) is 15.1. The number of nitrogens with zero attached hydrogens (tertiary/aromatic N) is 1. The maximum absolute atomic E-state index is 12.2. The Morgan fingerprint density at radius 2 is 2.19 bits per heavy atom. The molecule has 0 radical (unpaired) electrons. The van der Waals surface area contributed by atoms with Crippen molar-refractivity contribution < 1.29 is 18.3 Å². The molecule has 21 heavy (non-hydrogen) atoms. The first-order valence-corrected chi connectivity index (χ1v) is 8.41. The summed E-state index contributed by atoms with van der Waals surface area (Å²) in [7, 11) is -3.67. The number of pyridine rings is 1. The van der Waals surface area contributed by atoms with Crippen LogP contribution in [0.1, 0.15) is 23.4 Å². The molecule has 2 rings (SSSR count). The van der Waals surface area contributed by atoms with Crippen LogP contribution in [0.25, 0.3) is 0 Å². The number of aliphatic carboxylic acids is 1. The van der Waals surface area contributed by atoms with E-state index in [0.717, 1.165) is 16.9 Å². The zero-order valence-corrected chi connectivity index (χ0v) is 12.8. The summed E-state index contributed by atoms with van der Waals surface area (Å²) in [6.07, 6.45) is 3.03. The molecule has 0 fully saturated rings. The van der Waals surface area contributed by atoms with Crippen molar-refractivity contribution in [3.05, 3.63) is 47.1 Å². The number of aromatic nitrogens is 1. The van der Waals surface area contributed by atoms with Crippen LogP contribution in [0.3, 0.4) is 0 Å². The Morgan fingerprint density at radius 1 is 1.43 bits per heavy atom. The maximum Gasteiger partial charge on any atom is 0.308 e. The van der Waals surface area contributed by atoms with Crippen LogP contribution in [0, 0.1) is 0 Å². The number of hydrogen-bond acceptors (Lipinski definition) is 5. The van der Waals surface area contributed by atoms with E-state index in [4.69, 9.17) is 5.11 Å². The lowest BCUT2D eigenvalue weighted by atomic mass is 10.2. The molecule has 112 valence electrons. The summed E-state index contributed by atoms with van der Waals surface area (Å²) in [6.45, 7) is 1.72. The van der Waals surface area contributed by atoms with Crippen LogP contribution in [-0.2, 0) is 21.2 Å². The number of hydrogen-bond donors (Lipinski definition) is 2. The summed E-state index contributed by atoms with van der Waals surface area (Å²) < 4.78 is 27.1. The molecule has 8 heteroatoms. The third kappa shape index (κ3) is 4.10. The molecular formula is C13H14N2O4S2. The number of sulfonamides is 1. The molecular weight excluding hydrogens is 312 g/mol. The minimum Gasteiger partial charge on any atom is -0.481 e. The van der Waals surface area contributed by atoms with Crippen LogP contribution in [-0.4, -0.2) is 24.5 Å². The van der Waals surface area contributed by atoms with E-state index in [1.807, 2.05) is 0 Å². The fourth-order valence-corrected chi connectivity index (χ4v) is 4.33. The number of rotatable bonds is 6. The van der Waals surface area contributed by atoms with Gasteiger partial charge < -0.3 is 5.11 Å². The minimum atomic E-state index is -3.67. The Bertz CT molecular complexity index is 726. The Hall–Kier alpha value is -1.77. The second-order valence-corrected chi connectivity index (χ2v) is 7.53. The van der Waals surface area contributed by atoms with Crippen molar-refractivity contribution in [2.45, 2.75) is 23.6 Å². The molecule has 0 aliphatic carbocycles. The molecule has 0 amide bonds. The van der Waals surface area contributed by atoms with Crippen molar-refractivity contribution in [3.63, 3.8) is 0 Å². The minimum absolute atomic E-state index is 0.106. The van der Waals surface area contributed by atoms with Crippen LogP contribution in [0.5, 0.6) is 0 Å². The predicted octanol–water partition coefficient (Wildman–Crippen LogP) is 1.81. The normalized spacial score (nSPS) is 13.0. The van der Waals surface area contributed by atoms with Gasteiger partial charge in [-0.3, -0.25) is 9.78 Å². The molecule has 0 saturated carbocycles. The van der Waals surface area contributed by atoms with Crippen LogP contribution >= 0.6 is 11.3 Å². The highest BCUT2D eigenvalue weighted by molar-refractivity contribution is 7.91. The van der Waals surface area contributed by atoms with Gasteiger partial charge in [-0.15, -0.1) is 11.3 Å². The number of thiophene rings is 1. The Balaban J connectivity index is 2.15. The fourth-order valence-electron chi connectivity index (χ4n) is 1.74. The Morgan fingerprint density at radius 3 is 2.81 bits per heavy atom. The van der Waals surface area contributed by atoms with E-state index >= 15 is 0 Å². The first-order valence-electron chi connectivity index (χ1n) is 6.11. The average Bonchev–Trinajstić information content (AvgIpc) is 2.88. The summed E-state index contributed by atoms with van der Waals surface area (Å²) in [5.74, 6) is -0.988. The van der Waals surface area contributed by atoms with E-state index in [9.17, 15) is 13.2 Å². The smallest absolute Gasteiger partial charge is 0.308 e. The van der Waals surface area contributed by atoms with Crippen LogP contribution < -0.4 is 4.72 Å². The quantitative estimate of drug-likeness (QED) is 0.844. The van der Waals surface area contributed by atoms with Crippen LogP contribution in [0.2, 0.25) is 0 Å². The van der Waals surface area contributed by atoms with Gasteiger partial charge in [-0.1, -0.05) is 6.07 Å². The SMILES string of the molecule is C[C@@H](NS(=O)(=O)c1ccc(CC(=O)O)s1)c1cccnc1. The summed E-state index contributed by atoms with van der Waals surface area (Å²) in [5, 5.41) is 8.71. The van der Waals surface area contributed by atoms with Gasteiger partial charge in [0, 0.05) is 23.3 Å². The van der Waals surface area contributed by atoms with Gasteiger partial charge in [0.2, 0.25) is 0 Å². The predicted molar refractivity (Wildman–Crippen MR) is 78.6 cm³/mol. The van der Waals surface area contributed by atoms with Gasteiger partial charge in [-0.05, 0) is 30.7 Å². The maximum atomic E-state index is 12.2. The Labute approximate surface area is 126 Å². The van der Waals surface area contributed by atoms with Crippen molar-refractivity contribution in [2.75, 3.05) is 0 Å². The molecule has 2 heterocycles. The van der Waals surface area contributed by atoms with Crippen molar-refractivity contribution >= 4 is 27.3 Å². The first-order chi connectivity index (χ1) is 9.88. The topological polar surface area (TPSA) is 96.4 Å². The van der Waals surface area contributed by atoms with Gasteiger partial charge in [-0.2, -0.15) is 0 Å². The lowest BCUT2D eigenvalue weighted by Crippen LogP contribution is -2.26. The largest absolute Gasteiger partial charge is 0.481 e. The van der Waals surface area contributed by atoms with Crippen LogP contribution in [0.4, 0.5) is 0 Å². The lowest BCUT2D eigenvalue weighted by Gasteiger charge is -2.13. The second kappa shape index (κ2) is 6.33. The van der Waals surface area contributed by atoms with Gasteiger partial charge >= 0.3 is 5.97 Å². The highest BCUT2D eigenvalue weighted by atomic mass is 32.2. The number of carboxylic acid groups (broad SMARTS) is 1.